The third-order valence-electron chi connectivity index (χ3n) is 8.13. The Morgan fingerprint density at radius 3 is 1.94 bits per heavy atom. The van der Waals surface area contributed by atoms with E-state index in [2.05, 4.69) is 182 Å². The van der Waals surface area contributed by atoms with Gasteiger partial charge in [-0.25, -0.2) is 0 Å². The number of hydrogen-bond acceptors (Lipinski definition) is 0. The number of aromatic nitrogens is 2. The standard InChI is InChI=1S/C28H33N.C16H23N.C2H6.C2H4/c1-7-14-24(15-8-2)21-23(10-4)20-19-22(6)29-27(11-5)25(16-9-3)26-17-12-13-18-28(26)29;1-6-8-10-12-16-14(4)13(3)15(17(16)5)11-9-7-2;2*1-2/h7-9,11-20H,1,5,10,21H2,2-4,6H3;6,9-12H,1,7-8H2,2-5H3;1-2H3;1-2H2/b15-8-,16-9-,22-19+,23-20+,24-14+;11-9-,12-10-;;. The van der Waals surface area contributed by atoms with Crippen LogP contribution in [0.4, 0.5) is 0 Å². The first-order valence-electron chi connectivity index (χ1n) is 18.0. The zero-order valence-corrected chi connectivity index (χ0v) is 33.2. The highest BCUT2D eigenvalue weighted by atomic mass is 15.0. The first-order chi connectivity index (χ1) is 24.2. The minimum absolute atomic E-state index is 0.920. The summed E-state index contributed by atoms with van der Waals surface area (Å²) in [6, 6.07) is 8.54. The van der Waals surface area contributed by atoms with Gasteiger partial charge in [-0.15, -0.1) is 19.7 Å². The van der Waals surface area contributed by atoms with Crippen molar-refractivity contribution in [2.45, 2.75) is 88.0 Å². The van der Waals surface area contributed by atoms with Gasteiger partial charge in [0.15, 0.2) is 0 Å². The molecule has 268 valence electrons. The Labute approximate surface area is 307 Å². The van der Waals surface area contributed by atoms with Crippen molar-refractivity contribution in [1.82, 2.24) is 9.13 Å². The number of rotatable bonds is 14. The molecule has 0 saturated carbocycles. The summed E-state index contributed by atoms with van der Waals surface area (Å²) in [7, 11) is 2.13. The van der Waals surface area contributed by atoms with E-state index >= 15 is 0 Å². The van der Waals surface area contributed by atoms with Gasteiger partial charge in [-0.05, 0) is 107 Å². The van der Waals surface area contributed by atoms with E-state index in [0.29, 0.717) is 0 Å². The molecule has 3 rings (SSSR count). The van der Waals surface area contributed by atoms with Crippen LogP contribution in [-0.2, 0) is 7.05 Å². The molecular formula is C48H66N2. The topological polar surface area (TPSA) is 9.86 Å². The van der Waals surface area contributed by atoms with Gasteiger partial charge in [-0.3, -0.25) is 0 Å². The smallest absolute Gasteiger partial charge is 0.0537 e. The van der Waals surface area contributed by atoms with Crippen molar-refractivity contribution < 1.29 is 0 Å². The summed E-state index contributed by atoms with van der Waals surface area (Å²) in [6.45, 7) is 36.7. The van der Waals surface area contributed by atoms with E-state index in [4.69, 9.17) is 0 Å². The molecule has 0 amide bonds. The first kappa shape index (κ1) is 45.2. The Morgan fingerprint density at radius 2 is 1.42 bits per heavy atom. The van der Waals surface area contributed by atoms with E-state index in [-0.39, 0.29) is 0 Å². The lowest BCUT2D eigenvalue weighted by atomic mass is 10.0. The van der Waals surface area contributed by atoms with Crippen molar-refractivity contribution in [3.8, 4) is 0 Å². The molecule has 3 aromatic rings. The normalized spacial score (nSPS) is 12.2. The molecule has 0 unspecified atom stereocenters. The fourth-order valence-corrected chi connectivity index (χ4v) is 5.62. The SMILES string of the molecule is C=C.C=C/C=C(\C=C/C)C/C(=C/C=C(\C)n1c(C=C)c(/C=C\C)c2ccccc21)CC.C=CC/C=C\c1c(C)c(C)c(/C=C\CC)n1C.CC. The molecule has 0 N–H and O–H groups in total. The lowest BCUT2D eigenvalue weighted by molar-refractivity contribution is 0.895. The van der Waals surface area contributed by atoms with Gasteiger partial charge < -0.3 is 9.13 Å². The quantitative estimate of drug-likeness (QED) is 0.119. The maximum Gasteiger partial charge on any atom is 0.0537 e. The Morgan fingerprint density at radius 1 is 0.800 bits per heavy atom. The Balaban J connectivity index is 0.000000973. The number of allylic oxidation sites excluding steroid dienone is 13. The number of nitrogens with zero attached hydrogens (tertiary/aromatic N) is 2. The fraction of sp³-hybridized carbons (Fsp3) is 0.292. The van der Waals surface area contributed by atoms with Gasteiger partial charge in [0.25, 0.3) is 0 Å². The van der Waals surface area contributed by atoms with Crippen molar-refractivity contribution in [2.24, 2.45) is 7.05 Å². The lowest BCUT2D eigenvalue weighted by Gasteiger charge is -2.10. The second-order valence-corrected chi connectivity index (χ2v) is 11.3. The maximum absolute atomic E-state index is 4.08. The second-order valence-electron chi connectivity index (χ2n) is 11.3. The van der Waals surface area contributed by atoms with E-state index in [1.54, 1.807) is 0 Å². The van der Waals surface area contributed by atoms with Gasteiger partial charge in [0, 0.05) is 35.1 Å². The lowest BCUT2D eigenvalue weighted by Crippen LogP contribution is -1.96. The average Bonchev–Trinajstić information content (AvgIpc) is 3.56. The second kappa shape index (κ2) is 26.1. The molecule has 1 aromatic carbocycles. The maximum atomic E-state index is 4.08. The molecule has 2 nitrogen and oxygen atoms in total. The molecule has 0 aliphatic rings. The molecule has 0 fully saturated rings. The summed E-state index contributed by atoms with van der Waals surface area (Å²) >= 11 is 0. The highest BCUT2D eigenvalue weighted by molar-refractivity contribution is 5.96. The summed E-state index contributed by atoms with van der Waals surface area (Å²) in [5, 5.41) is 1.25. The third kappa shape index (κ3) is 12.9. The zero-order chi connectivity index (χ0) is 38.1. The summed E-state index contributed by atoms with van der Waals surface area (Å²) in [4.78, 5) is 0. The number of para-hydroxylation sites is 1. The van der Waals surface area contributed by atoms with Crippen molar-refractivity contribution in [1.29, 1.82) is 0 Å². The van der Waals surface area contributed by atoms with Crippen LogP contribution in [0.25, 0.3) is 40.9 Å². The van der Waals surface area contributed by atoms with E-state index in [9.17, 15) is 0 Å². The molecule has 0 aliphatic heterocycles. The van der Waals surface area contributed by atoms with E-state index in [1.807, 2.05) is 39.0 Å². The Kier molecular flexibility index (Phi) is 23.6. The molecule has 0 spiro atoms. The van der Waals surface area contributed by atoms with Crippen molar-refractivity contribution >= 4 is 40.9 Å². The van der Waals surface area contributed by atoms with E-state index in [0.717, 1.165) is 31.4 Å². The van der Waals surface area contributed by atoms with Crippen LogP contribution in [-0.4, -0.2) is 9.13 Å². The van der Waals surface area contributed by atoms with Crippen LogP contribution in [0.15, 0.2) is 129 Å². The summed E-state index contributed by atoms with van der Waals surface area (Å²) in [5.74, 6) is 0. The molecular weight excluding hydrogens is 605 g/mol. The Hall–Kier alpha value is -4.82. The van der Waals surface area contributed by atoms with Gasteiger partial charge in [-0.1, -0.05) is 125 Å². The molecule has 0 aliphatic carbocycles. The van der Waals surface area contributed by atoms with Gasteiger partial charge >= 0.3 is 0 Å². The molecule has 0 radical (unpaired) electrons. The van der Waals surface area contributed by atoms with Crippen molar-refractivity contribution in [2.75, 3.05) is 0 Å². The van der Waals surface area contributed by atoms with E-state index in [1.165, 1.54) is 55.8 Å². The minimum Gasteiger partial charge on any atom is -0.344 e. The number of benzene rings is 1. The zero-order valence-electron chi connectivity index (χ0n) is 33.2. The van der Waals surface area contributed by atoms with Crippen LogP contribution in [0, 0.1) is 13.8 Å². The molecule has 50 heavy (non-hydrogen) atoms. The average molecular weight is 671 g/mol. The predicted octanol–water partition coefficient (Wildman–Crippen LogP) is 15.1. The fourth-order valence-electron chi connectivity index (χ4n) is 5.62. The summed E-state index contributed by atoms with van der Waals surface area (Å²) in [5.41, 5.74) is 12.7. The number of fused-ring (bicyclic) bond motifs is 1. The van der Waals surface area contributed by atoms with Crippen LogP contribution in [0.3, 0.4) is 0 Å². The molecule has 0 atom stereocenters. The highest BCUT2D eigenvalue weighted by Crippen LogP contribution is 2.31. The summed E-state index contributed by atoms with van der Waals surface area (Å²) < 4.78 is 4.56. The first-order valence-corrected chi connectivity index (χ1v) is 18.0. The van der Waals surface area contributed by atoms with Gasteiger partial charge in [-0.2, -0.15) is 0 Å². The summed E-state index contributed by atoms with van der Waals surface area (Å²) in [6.07, 6.45) is 33.5. The largest absolute Gasteiger partial charge is 0.344 e. The van der Waals surface area contributed by atoms with Crippen LogP contribution in [0.2, 0.25) is 0 Å². The highest BCUT2D eigenvalue weighted by Gasteiger charge is 2.14. The van der Waals surface area contributed by atoms with Crippen LogP contribution in [0.1, 0.15) is 108 Å². The Bertz CT molecular complexity index is 1710. The van der Waals surface area contributed by atoms with Crippen LogP contribution < -0.4 is 0 Å². The molecule has 0 saturated heterocycles. The monoisotopic (exact) mass is 671 g/mol. The number of hydrogen-bond donors (Lipinski definition) is 0. The predicted molar refractivity (Wildman–Crippen MR) is 233 cm³/mol. The van der Waals surface area contributed by atoms with E-state index < -0.39 is 0 Å². The van der Waals surface area contributed by atoms with Crippen molar-refractivity contribution in [3.05, 3.63) is 163 Å². The van der Waals surface area contributed by atoms with Crippen molar-refractivity contribution in [3.63, 3.8) is 0 Å². The van der Waals surface area contributed by atoms with Crippen LogP contribution in [0.5, 0.6) is 0 Å². The van der Waals surface area contributed by atoms with Gasteiger partial charge in [0.05, 0.1) is 11.2 Å². The van der Waals surface area contributed by atoms with Gasteiger partial charge in [0.1, 0.15) is 0 Å². The molecule has 2 heteroatoms. The molecule has 0 bridgehead atoms. The molecule has 2 aromatic heterocycles. The minimum atomic E-state index is 0.920. The van der Waals surface area contributed by atoms with Crippen LogP contribution >= 0.6 is 0 Å². The van der Waals surface area contributed by atoms with Gasteiger partial charge in [0.2, 0.25) is 0 Å². The third-order valence-corrected chi connectivity index (χ3v) is 8.13. The molecule has 2 heterocycles.